The van der Waals surface area contributed by atoms with Crippen molar-refractivity contribution in [2.24, 2.45) is 0 Å². The Bertz CT molecular complexity index is 429. The lowest BCUT2D eigenvalue weighted by molar-refractivity contribution is 0.479. The lowest BCUT2D eigenvalue weighted by Gasteiger charge is -1.93. The molecule has 0 radical (unpaired) electrons. The van der Waals surface area contributed by atoms with E-state index >= 15 is 0 Å². The van der Waals surface area contributed by atoms with Gasteiger partial charge >= 0.3 is 0 Å². The summed E-state index contributed by atoms with van der Waals surface area (Å²) in [5.41, 5.74) is 1.73. The average molecular weight is 192 g/mol. The van der Waals surface area contributed by atoms with E-state index < -0.39 is 0 Å². The third-order valence-corrected chi connectivity index (χ3v) is 1.97. The zero-order valence-corrected chi connectivity index (χ0v) is 8.40. The van der Waals surface area contributed by atoms with Crippen LogP contribution in [0.4, 0.5) is 0 Å². The average Bonchev–Trinajstić information content (AvgIpc) is 2.71. The van der Waals surface area contributed by atoms with Crippen LogP contribution in [0.1, 0.15) is 31.2 Å². The van der Waals surface area contributed by atoms with Gasteiger partial charge in [0.15, 0.2) is 5.69 Å². The molecule has 0 atom stereocenters. The van der Waals surface area contributed by atoms with Crippen molar-refractivity contribution < 1.29 is 4.42 Å². The molecule has 2 heterocycles. The molecule has 5 nitrogen and oxygen atoms in total. The van der Waals surface area contributed by atoms with Crippen molar-refractivity contribution in [1.29, 1.82) is 0 Å². The van der Waals surface area contributed by atoms with Crippen LogP contribution in [0.25, 0.3) is 11.6 Å². The van der Waals surface area contributed by atoms with Gasteiger partial charge in [-0.25, -0.2) is 0 Å². The smallest absolute Gasteiger partial charge is 0.268 e. The molecule has 5 heteroatoms. The van der Waals surface area contributed by atoms with Crippen LogP contribution in [-0.4, -0.2) is 20.4 Å². The summed E-state index contributed by atoms with van der Waals surface area (Å²) in [7, 11) is 0. The zero-order chi connectivity index (χ0) is 10.1. The van der Waals surface area contributed by atoms with Crippen LogP contribution in [0.2, 0.25) is 0 Å². The number of nitrogens with one attached hydrogen (secondary N) is 1. The normalized spacial score (nSPS) is 11.1. The molecule has 0 aromatic carbocycles. The molecule has 0 aliphatic rings. The SMILES string of the molecule is Cc1c[nH]nc1-c1nnc(C(C)C)o1. The fourth-order valence-corrected chi connectivity index (χ4v) is 1.13. The number of aromatic amines is 1. The molecule has 0 aliphatic heterocycles. The summed E-state index contributed by atoms with van der Waals surface area (Å²) in [5.74, 6) is 1.37. The van der Waals surface area contributed by atoms with Gasteiger partial charge in [0, 0.05) is 12.1 Å². The Hall–Kier alpha value is -1.65. The number of nitrogens with zero attached hydrogens (tertiary/aromatic N) is 3. The van der Waals surface area contributed by atoms with E-state index in [-0.39, 0.29) is 5.92 Å². The van der Waals surface area contributed by atoms with Crippen LogP contribution in [0.3, 0.4) is 0 Å². The van der Waals surface area contributed by atoms with Crippen LogP contribution in [-0.2, 0) is 0 Å². The Kier molecular flexibility index (Phi) is 2.07. The maximum Gasteiger partial charge on any atom is 0.268 e. The van der Waals surface area contributed by atoms with Crippen LogP contribution < -0.4 is 0 Å². The highest BCUT2D eigenvalue weighted by Crippen LogP contribution is 2.21. The largest absolute Gasteiger partial charge is 0.419 e. The zero-order valence-electron chi connectivity index (χ0n) is 8.40. The van der Waals surface area contributed by atoms with E-state index in [9.17, 15) is 0 Å². The Morgan fingerprint density at radius 2 is 2.14 bits per heavy atom. The molecule has 2 rings (SSSR count). The minimum atomic E-state index is 0.246. The van der Waals surface area contributed by atoms with Gasteiger partial charge in [-0.1, -0.05) is 13.8 Å². The van der Waals surface area contributed by atoms with Gasteiger partial charge in [-0.05, 0) is 12.5 Å². The first-order valence-electron chi connectivity index (χ1n) is 4.52. The Balaban J connectivity index is 2.39. The molecule has 0 unspecified atom stereocenters. The van der Waals surface area contributed by atoms with Gasteiger partial charge < -0.3 is 4.42 Å². The second kappa shape index (κ2) is 3.25. The van der Waals surface area contributed by atoms with Crippen molar-refractivity contribution in [3.63, 3.8) is 0 Å². The van der Waals surface area contributed by atoms with Gasteiger partial charge in [-0.2, -0.15) is 5.10 Å². The Labute approximate surface area is 81.5 Å². The van der Waals surface area contributed by atoms with Gasteiger partial charge in [0.05, 0.1) is 0 Å². The summed E-state index contributed by atoms with van der Waals surface area (Å²) in [6.45, 7) is 5.96. The summed E-state index contributed by atoms with van der Waals surface area (Å²) in [5, 5.41) is 14.7. The number of aryl methyl sites for hydroxylation is 1. The van der Waals surface area contributed by atoms with Crippen LogP contribution in [0.15, 0.2) is 10.6 Å². The molecule has 14 heavy (non-hydrogen) atoms. The summed E-state index contributed by atoms with van der Waals surface area (Å²) in [6, 6.07) is 0. The molecule has 0 bridgehead atoms. The fourth-order valence-electron chi connectivity index (χ4n) is 1.13. The van der Waals surface area contributed by atoms with Gasteiger partial charge in [0.2, 0.25) is 5.89 Å². The molecule has 0 saturated carbocycles. The first-order valence-corrected chi connectivity index (χ1v) is 4.52. The number of hydrogen-bond acceptors (Lipinski definition) is 4. The van der Waals surface area contributed by atoms with Gasteiger partial charge in [0.1, 0.15) is 0 Å². The van der Waals surface area contributed by atoms with Crippen LogP contribution in [0, 0.1) is 6.92 Å². The Morgan fingerprint density at radius 3 is 2.64 bits per heavy atom. The maximum atomic E-state index is 5.47. The number of aromatic nitrogens is 4. The number of hydrogen-bond donors (Lipinski definition) is 1. The number of rotatable bonds is 2. The van der Waals surface area contributed by atoms with E-state index in [0.29, 0.717) is 11.8 Å². The molecule has 0 amide bonds. The highest BCUT2D eigenvalue weighted by atomic mass is 16.4. The molecule has 2 aromatic rings. The monoisotopic (exact) mass is 192 g/mol. The summed E-state index contributed by atoms with van der Waals surface area (Å²) >= 11 is 0. The Morgan fingerprint density at radius 1 is 1.36 bits per heavy atom. The van der Waals surface area contributed by atoms with E-state index in [1.807, 2.05) is 20.8 Å². The molecule has 0 saturated heterocycles. The standard InChI is InChI=1S/C9H12N4O/c1-5(2)8-12-13-9(14-8)7-6(3)4-10-11-7/h4-5H,1-3H3,(H,10,11). The molecule has 1 N–H and O–H groups in total. The fraction of sp³-hybridized carbons (Fsp3) is 0.444. The molecular weight excluding hydrogens is 180 g/mol. The third-order valence-electron chi connectivity index (χ3n) is 1.97. The van der Waals surface area contributed by atoms with Crippen molar-refractivity contribution in [3.05, 3.63) is 17.7 Å². The van der Waals surface area contributed by atoms with E-state index in [1.54, 1.807) is 6.20 Å². The molecule has 0 aliphatic carbocycles. The highest BCUT2D eigenvalue weighted by Gasteiger charge is 2.14. The van der Waals surface area contributed by atoms with Crippen molar-refractivity contribution in [1.82, 2.24) is 20.4 Å². The van der Waals surface area contributed by atoms with E-state index in [0.717, 1.165) is 11.3 Å². The van der Waals surface area contributed by atoms with E-state index in [2.05, 4.69) is 20.4 Å². The summed E-state index contributed by atoms with van der Waals surface area (Å²) < 4.78 is 5.47. The van der Waals surface area contributed by atoms with Crippen molar-refractivity contribution in [2.45, 2.75) is 26.7 Å². The van der Waals surface area contributed by atoms with E-state index in [4.69, 9.17) is 4.42 Å². The van der Waals surface area contributed by atoms with Crippen molar-refractivity contribution >= 4 is 0 Å². The minimum Gasteiger partial charge on any atom is -0.419 e. The van der Waals surface area contributed by atoms with Gasteiger partial charge in [0.25, 0.3) is 5.89 Å². The van der Waals surface area contributed by atoms with Crippen LogP contribution >= 0.6 is 0 Å². The molecule has 0 spiro atoms. The molecule has 74 valence electrons. The predicted octanol–water partition coefficient (Wildman–Crippen LogP) is 1.89. The second-order valence-corrected chi connectivity index (χ2v) is 3.52. The summed E-state index contributed by atoms with van der Waals surface area (Å²) in [4.78, 5) is 0. The predicted molar refractivity (Wildman–Crippen MR) is 50.7 cm³/mol. The topological polar surface area (TPSA) is 67.6 Å². The van der Waals surface area contributed by atoms with Crippen molar-refractivity contribution in [2.75, 3.05) is 0 Å². The molecular formula is C9H12N4O. The van der Waals surface area contributed by atoms with Gasteiger partial charge in [-0.3, -0.25) is 5.10 Å². The van der Waals surface area contributed by atoms with Crippen molar-refractivity contribution in [3.8, 4) is 11.6 Å². The van der Waals surface area contributed by atoms with Gasteiger partial charge in [-0.15, -0.1) is 10.2 Å². The molecule has 2 aromatic heterocycles. The van der Waals surface area contributed by atoms with E-state index in [1.165, 1.54) is 0 Å². The third kappa shape index (κ3) is 1.41. The van der Waals surface area contributed by atoms with Crippen LogP contribution in [0.5, 0.6) is 0 Å². The second-order valence-electron chi connectivity index (χ2n) is 3.52. The molecule has 0 fully saturated rings. The quantitative estimate of drug-likeness (QED) is 0.788. The lowest BCUT2D eigenvalue weighted by atomic mass is 10.2. The summed E-state index contributed by atoms with van der Waals surface area (Å²) in [6.07, 6.45) is 1.80. The maximum absolute atomic E-state index is 5.47. The minimum absolute atomic E-state index is 0.246. The number of H-pyrrole nitrogens is 1. The lowest BCUT2D eigenvalue weighted by Crippen LogP contribution is -1.85. The first kappa shape index (κ1) is 8.93. The highest BCUT2D eigenvalue weighted by molar-refractivity contribution is 5.50. The first-order chi connectivity index (χ1) is 6.68.